The summed E-state index contributed by atoms with van der Waals surface area (Å²) >= 11 is 0. The summed E-state index contributed by atoms with van der Waals surface area (Å²) in [5.74, 6) is 0.602. The van der Waals surface area contributed by atoms with Crippen LogP contribution in [0.3, 0.4) is 0 Å². The van der Waals surface area contributed by atoms with Crippen molar-refractivity contribution >= 4 is 11.7 Å². The van der Waals surface area contributed by atoms with Crippen LogP contribution in [0.15, 0.2) is 0 Å². The topological polar surface area (TPSA) is 46.2 Å². The summed E-state index contributed by atoms with van der Waals surface area (Å²) in [5.41, 5.74) is -0.0456. The van der Waals surface area contributed by atoms with Crippen LogP contribution in [-0.2, 0) is 9.59 Å². The Balaban J connectivity index is 1.34. The molecule has 3 fully saturated rings. The van der Waals surface area contributed by atoms with Crippen molar-refractivity contribution in [2.75, 3.05) is 0 Å². The lowest BCUT2D eigenvalue weighted by molar-refractivity contribution is -0.181. The predicted molar refractivity (Wildman–Crippen MR) is 113 cm³/mol. The standard InChI is InChI=1S/C24H43NO2/c1-3-5-6-7-8-9-10-11-12-13-14-15-16-17-22(27)25-24-18-23(19-24,20-24)21(26)4-2/h3-20H2,1-2H3,(H,25,27). The highest BCUT2D eigenvalue weighted by atomic mass is 16.2. The molecule has 3 nitrogen and oxygen atoms in total. The first kappa shape index (κ1) is 22.4. The third kappa shape index (κ3) is 6.61. The number of hydrogen-bond acceptors (Lipinski definition) is 2. The Morgan fingerprint density at radius 3 is 1.59 bits per heavy atom. The fraction of sp³-hybridized carbons (Fsp3) is 0.917. The summed E-state index contributed by atoms with van der Waals surface area (Å²) in [6.07, 6.45) is 21.3. The van der Waals surface area contributed by atoms with E-state index in [2.05, 4.69) is 12.2 Å². The van der Waals surface area contributed by atoms with E-state index >= 15 is 0 Å². The Labute approximate surface area is 167 Å². The summed E-state index contributed by atoms with van der Waals surface area (Å²) in [6.45, 7) is 4.22. The first-order valence-corrected chi connectivity index (χ1v) is 11.9. The zero-order valence-corrected chi connectivity index (χ0v) is 18.0. The zero-order valence-electron chi connectivity index (χ0n) is 18.0. The van der Waals surface area contributed by atoms with Gasteiger partial charge in [0.25, 0.3) is 0 Å². The van der Waals surface area contributed by atoms with Crippen molar-refractivity contribution in [2.24, 2.45) is 5.41 Å². The lowest BCUT2D eigenvalue weighted by Gasteiger charge is -2.69. The van der Waals surface area contributed by atoms with Crippen LogP contribution in [0, 0.1) is 5.41 Å². The highest BCUT2D eigenvalue weighted by Crippen LogP contribution is 2.67. The number of amides is 1. The van der Waals surface area contributed by atoms with E-state index < -0.39 is 0 Å². The van der Waals surface area contributed by atoms with Crippen LogP contribution in [0.2, 0.25) is 0 Å². The van der Waals surface area contributed by atoms with Crippen LogP contribution in [0.4, 0.5) is 0 Å². The van der Waals surface area contributed by atoms with Gasteiger partial charge in [0, 0.05) is 23.8 Å². The second kappa shape index (κ2) is 11.2. The first-order valence-electron chi connectivity index (χ1n) is 11.9. The average Bonchev–Trinajstić information content (AvgIpc) is 2.60. The maximum atomic E-state index is 12.1. The Kier molecular flexibility index (Phi) is 9.32. The van der Waals surface area contributed by atoms with Crippen molar-refractivity contribution in [3.63, 3.8) is 0 Å². The second-order valence-electron chi connectivity index (χ2n) is 9.41. The highest BCUT2D eigenvalue weighted by molar-refractivity contribution is 5.90. The number of carbonyl (C=O) groups excluding carboxylic acids is 2. The van der Waals surface area contributed by atoms with E-state index in [0.29, 0.717) is 18.6 Å². The van der Waals surface area contributed by atoms with Crippen molar-refractivity contribution < 1.29 is 9.59 Å². The molecule has 0 aromatic rings. The zero-order chi connectivity index (χ0) is 19.6. The summed E-state index contributed by atoms with van der Waals surface area (Å²) in [7, 11) is 0. The van der Waals surface area contributed by atoms with Crippen molar-refractivity contribution in [3.8, 4) is 0 Å². The van der Waals surface area contributed by atoms with Gasteiger partial charge >= 0.3 is 0 Å². The van der Waals surface area contributed by atoms with Gasteiger partial charge in [-0.25, -0.2) is 0 Å². The van der Waals surface area contributed by atoms with Gasteiger partial charge in [0.1, 0.15) is 5.78 Å². The second-order valence-corrected chi connectivity index (χ2v) is 9.41. The molecule has 0 spiro atoms. The normalized spacial score (nSPS) is 25.6. The van der Waals surface area contributed by atoms with Crippen LogP contribution in [-0.4, -0.2) is 17.2 Å². The first-order chi connectivity index (χ1) is 13.1. The number of carbonyl (C=O) groups is 2. The lowest BCUT2D eigenvalue weighted by Crippen LogP contribution is -2.76. The van der Waals surface area contributed by atoms with Crippen molar-refractivity contribution in [1.29, 1.82) is 0 Å². The smallest absolute Gasteiger partial charge is 0.220 e. The molecular formula is C24H43NO2. The average molecular weight is 378 g/mol. The molecule has 3 rings (SSSR count). The van der Waals surface area contributed by atoms with E-state index in [1.54, 1.807) is 0 Å². The van der Waals surface area contributed by atoms with Crippen LogP contribution >= 0.6 is 0 Å². The van der Waals surface area contributed by atoms with Gasteiger partial charge in [0.2, 0.25) is 5.91 Å². The molecule has 2 bridgehead atoms. The molecule has 0 heterocycles. The van der Waals surface area contributed by atoms with Gasteiger partial charge in [0.15, 0.2) is 0 Å². The fourth-order valence-corrected chi connectivity index (χ4v) is 5.25. The molecular weight excluding hydrogens is 334 g/mol. The molecule has 3 aliphatic carbocycles. The van der Waals surface area contributed by atoms with Gasteiger partial charge in [-0.05, 0) is 25.7 Å². The summed E-state index contributed by atoms with van der Waals surface area (Å²) in [4.78, 5) is 24.0. The SMILES string of the molecule is CCCCCCCCCCCCCCCC(=O)NC12CC(C(=O)CC)(C1)C2. The van der Waals surface area contributed by atoms with Gasteiger partial charge in [-0.15, -0.1) is 0 Å². The molecule has 3 aliphatic rings. The Morgan fingerprint density at radius 1 is 0.704 bits per heavy atom. The van der Waals surface area contributed by atoms with Gasteiger partial charge in [-0.2, -0.15) is 0 Å². The van der Waals surface area contributed by atoms with Crippen molar-refractivity contribution in [2.45, 2.75) is 135 Å². The minimum atomic E-state index is -0.0441. The molecule has 3 heteroatoms. The highest BCUT2D eigenvalue weighted by Gasteiger charge is 2.71. The van der Waals surface area contributed by atoms with E-state index in [1.165, 1.54) is 77.0 Å². The lowest BCUT2D eigenvalue weighted by atomic mass is 9.38. The van der Waals surface area contributed by atoms with Crippen LogP contribution < -0.4 is 5.32 Å². The molecule has 0 saturated heterocycles. The number of ketones is 1. The van der Waals surface area contributed by atoms with Crippen molar-refractivity contribution in [3.05, 3.63) is 0 Å². The molecule has 3 saturated carbocycles. The van der Waals surface area contributed by atoms with Gasteiger partial charge in [0.05, 0.1) is 0 Å². The van der Waals surface area contributed by atoms with Crippen molar-refractivity contribution in [1.82, 2.24) is 5.32 Å². The molecule has 0 aromatic heterocycles. The molecule has 0 aliphatic heterocycles. The van der Waals surface area contributed by atoms with E-state index in [0.717, 1.165) is 25.7 Å². The minimum Gasteiger partial charge on any atom is -0.351 e. The monoisotopic (exact) mass is 377 g/mol. The summed E-state index contributed by atoms with van der Waals surface area (Å²) in [6, 6.07) is 0. The number of unbranched alkanes of at least 4 members (excludes halogenated alkanes) is 12. The quantitative estimate of drug-likeness (QED) is 0.295. The van der Waals surface area contributed by atoms with E-state index in [4.69, 9.17) is 0 Å². The number of hydrogen-bond donors (Lipinski definition) is 1. The third-order valence-corrected chi connectivity index (χ3v) is 6.85. The Morgan fingerprint density at radius 2 is 1.15 bits per heavy atom. The Hall–Kier alpha value is -0.860. The fourth-order valence-electron chi connectivity index (χ4n) is 5.25. The van der Waals surface area contributed by atoms with Crippen LogP contribution in [0.5, 0.6) is 0 Å². The van der Waals surface area contributed by atoms with Crippen LogP contribution in [0.25, 0.3) is 0 Å². The number of Topliss-reactive ketones (excluding diaryl/α,β-unsaturated/α-hetero) is 1. The molecule has 27 heavy (non-hydrogen) atoms. The third-order valence-electron chi connectivity index (χ3n) is 6.85. The number of nitrogens with one attached hydrogen (secondary N) is 1. The molecule has 1 amide bonds. The molecule has 0 radical (unpaired) electrons. The maximum Gasteiger partial charge on any atom is 0.220 e. The number of rotatable bonds is 17. The summed E-state index contributed by atoms with van der Waals surface area (Å²) in [5, 5.41) is 3.21. The van der Waals surface area contributed by atoms with Crippen LogP contribution in [0.1, 0.15) is 129 Å². The van der Waals surface area contributed by atoms with E-state index in [-0.39, 0.29) is 16.9 Å². The maximum absolute atomic E-state index is 12.1. The van der Waals surface area contributed by atoms with Gasteiger partial charge < -0.3 is 5.32 Å². The molecule has 0 unspecified atom stereocenters. The van der Waals surface area contributed by atoms with Gasteiger partial charge in [-0.1, -0.05) is 90.9 Å². The molecule has 0 atom stereocenters. The Bertz CT molecular complexity index is 451. The molecule has 156 valence electrons. The minimum absolute atomic E-state index is 0.00154. The van der Waals surface area contributed by atoms with E-state index in [1.807, 2.05) is 6.92 Å². The molecule has 0 aromatic carbocycles. The largest absolute Gasteiger partial charge is 0.351 e. The predicted octanol–water partition coefficient (Wildman–Crippen LogP) is 6.49. The summed E-state index contributed by atoms with van der Waals surface area (Å²) < 4.78 is 0. The molecule has 1 N–H and O–H groups in total. The van der Waals surface area contributed by atoms with Gasteiger partial charge in [-0.3, -0.25) is 9.59 Å². The van der Waals surface area contributed by atoms with E-state index in [9.17, 15) is 9.59 Å².